The Labute approximate surface area is 86.6 Å². The molecule has 14 heavy (non-hydrogen) atoms. The Morgan fingerprint density at radius 3 is 2.64 bits per heavy atom. The Balaban J connectivity index is 3.09. The first-order valence-corrected chi connectivity index (χ1v) is 4.18. The van der Waals surface area contributed by atoms with Gasteiger partial charge in [0, 0.05) is 0 Å². The third-order valence-electron chi connectivity index (χ3n) is 1.75. The van der Waals surface area contributed by atoms with Gasteiger partial charge in [0.2, 0.25) is 0 Å². The van der Waals surface area contributed by atoms with Gasteiger partial charge in [-0.2, -0.15) is 0 Å². The number of carboxylic acid groups (broad SMARTS) is 1. The number of carboxylic acids is 1. The topological polar surface area (TPSA) is 49.4 Å². The largest absolute Gasteiger partial charge is 0.545 e. The van der Waals surface area contributed by atoms with Crippen LogP contribution in [0.4, 0.5) is 0 Å². The molecule has 0 atom stereocenters. The maximum atomic E-state index is 10.5. The number of carbonyl (C=O) groups excluding carboxylic acids is 1. The van der Waals surface area contributed by atoms with Gasteiger partial charge in [0.25, 0.3) is 0 Å². The Morgan fingerprint density at radius 2 is 2.21 bits per heavy atom. The standard InChI is InChI=1S/C10H9ClO3/c1-6(10(12)13)7-3-4-9(14-2)8(11)5-7/h3-5H,1H2,2H3,(H,12,13)/p-1. The van der Waals surface area contributed by atoms with E-state index < -0.39 is 5.97 Å². The second-order valence-electron chi connectivity index (χ2n) is 2.62. The van der Waals surface area contributed by atoms with Crippen LogP contribution in [0, 0.1) is 0 Å². The van der Waals surface area contributed by atoms with E-state index in [2.05, 4.69) is 6.58 Å². The molecule has 0 aliphatic rings. The summed E-state index contributed by atoms with van der Waals surface area (Å²) in [6.07, 6.45) is 0. The number of aliphatic carboxylic acids is 1. The fourth-order valence-corrected chi connectivity index (χ4v) is 1.23. The highest BCUT2D eigenvalue weighted by atomic mass is 35.5. The predicted molar refractivity (Wildman–Crippen MR) is 52.0 cm³/mol. The van der Waals surface area contributed by atoms with E-state index in [9.17, 15) is 9.90 Å². The third-order valence-corrected chi connectivity index (χ3v) is 2.04. The molecular formula is C10H8ClO3-. The number of carbonyl (C=O) groups is 1. The lowest BCUT2D eigenvalue weighted by atomic mass is 10.1. The molecule has 0 saturated heterocycles. The molecule has 74 valence electrons. The maximum absolute atomic E-state index is 10.5. The van der Waals surface area contributed by atoms with Crippen LogP contribution in [-0.4, -0.2) is 13.1 Å². The first-order chi connectivity index (χ1) is 6.56. The van der Waals surface area contributed by atoms with Crippen molar-refractivity contribution in [2.24, 2.45) is 0 Å². The summed E-state index contributed by atoms with van der Waals surface area (Å²) >= 11 is 5.80. The normalized spacial score (nSPS) is 9.57. The minimum absolute atomic E-state index is 0.102. The van der Waals surface area contributed by atoms with Crippen molar-refractivity contribution in [3.05, 3.63) is 35.4 Å². The molecule has 0 spiro atoms. The van der Waals surface area contributed by atoms with Crippen LogP contribution in [-0.2, 0) is 4.79 Å². The zero-order chi connectivity index (χ0) is 10.7. The zero-order valence-corrected chi connectivity index (χ0v) is 8.30. The van der Waals surface area contributed by atoms with E-state index in [0.717, 1.165) is 0 Å². The quantitative estimate of drug-likeness (QED) is 0.704. The van der Waals surface area contributed by atoms with Crippen molar-refractivity contribution in [3.8, 4) is 5.75 Å². The Kier molecular flexibility index (Phi) is 3.14. The van der Waals surface area contributed by atoms with Crippen LogP contribution < -0.4 is 9.84 Å². The fourth-order valence-electron chi connectivity index (χ4n) is 0.972. The molecule has 3 nitrogen and oxygen atoms in total. The van der Waals surface area contributed by atoms with Gasteiger partial charge in [0.15, 0.2) is 0 Å². The molecular weight excluding hydrogens is 204 g/mol. The van der Waals surface area contributed by atoms with Crippen LogP contribution >= 0.6 is 11.6 Å². The second-order valence-corrected chi connectivity index (χ2v) is 3.02. The van der Waals surface area contributed by atoms with Crippen molar-refractivity contribution in [2.75, 3.05) is 7.11 Å². The zero-order valence-electron chi connectivity index (χ0n) is 7.54. The van der Waals surface area contributed by atoms with E-state index in [1.165, 1.54) is 13.2 Å². The lowest BCUT2D eigenvalue weighted by Crippen LogP contribution is -2.22. The van der Waals surface area contributed by atoms with E-state index in [0.29, 0.717) is 16.3 Å². The molecule has 1 aromatic carbocycles. The summed E-state index contributed by atoms with van der Waals surface area (Å²) in [6, 6.07) is 4.60. The van der Waals surface area contributed by atoms with Gasteiger partial charge in [-0.1, -0.05) is 24.2 Å². The number of halogens is 1. The highest BCUT2D eigenvalue weighted by Gasteiger charge is 2.04. The highest BCUT2D eigenvalue weighted by Crippen LogP contribution is 2.27. The Bertz CT molecular complexity index is 385. The predicted octanol–water partition coefficient (Wildman–Crippen LogP) is 1.11. The molecule has 0 N–H and O–H groups in total. The molecule has 0 aliphatic heterocycles. The van der Waals surface area contributed by atoms with Gasteiger partial charge in [-0.25, -0.2) is 0 Å². The van der Waals surface area contributed by atoms with Gasteiger partial charge in [-0.15, -0.1) is 0 Å². The van der Waals surface area contributed by atoms with Gasteiger partial charge >= 0.3 is 0 Å². The van der Waals surface area contributed by atoms with Crippen LogP contribution in [0.1, 0.15) is 5.56 Å². The number of ether oxygens (including phenoxy) is 1. The third kappa shape index (κ3) is 2.06. The van der Waals surface area contributed by atoms with Crippen molar-refractivity contribution in [3.63, 3.8) is 0 Å². The smallest absolute Gasteiger partial charge is 0.137 e. The van der Waals surface area contributed by atoms with Gasteiger partial charge < -0.3 is 14.6 Å². The maximum Gasteiger partial charge on any atom is 0.137 e. The minimum atomic E-state index is -1.31. The molecule has 1 aromatic rings. The first-order valence-electron chi connectivity index (χ1n) is 3.80. The van der Waals surface area contributed by atoms with Gasteiger partial charge in [-0.05, 0) is 23.3 Å². The van der Waals surface area contributed by atoms with Crippen LogP contribution in [0.2, 0.25) is 5.02 Å². The number of hydrogen-bond acceptors (Lipinski definition) is 3. The summed E-state index contributed by atoms with van der Waals surface area (Å²) in [7, 11) is 1.48. The summed E-state index contributed by atoms with van der Waals surface area (Å²) in [6.45, 7) is 3.36. The van der Waals surface area contributed by atoms with E-state index in [4.69, 9.17) is 16.3 Å². The van der Waals surface area contributed by atoms with Crippen molar-refractivity contribution >= 4 is 23.1 Å². The van der Waals surface area contributed by atoms with E-state index >= 15 is 0 Å². The number of benzene rings is 1. The summed E-state index contributed by atoms with van der Waals surface area (Å²) in [4.78, 5) is 10.5. The highest BCUT2D eigenvalue weighted by molar-refractivity contribution is 6.32. The second kappa shape index (κ2) is 4.15. The van der Waals surface area contributed by atoms with Gasteiger partial charge in [0.05, 0.1) is 18.1 Å². The van der Waals surface area contributed by atoms with E-state index in [1.54, 1.807) is 12.1 Å². The first kappa shape index (κ1) is 10.6. The SMILES string of the molecule is C=C(C(=O)[O-])c1ccc(OC)c(Cl)c1. The number of methoxy groups -OCH3 is 1. The van der Waals surface area contributed by atoms with Crippen LogP contribution in [0.15, 0.2) is 24.8 Å². The average Bonchev–Trinajstić information content (AvgIpc) is 2.16. The molecule has 0 saturated carbocycles. The molecule has 4 heteroatoms. The molecule has 0 amide bonds. The van der Waals surface area contributed by atoms with Crippen LogP contribution in [0.3, 0.4) is 0 Å². The molecule has 0 aliphatic carbocycles. The van der Waals surface area contributed by atoms with E-state index in [-0.39, 0.29) is 5.57 Å². The minimum Gasteiger partial charge on any atom is -0.545 e. The van der Waals surface area contributed by atoms with Crippen molar-refractivity contribution in [2.45, 2.75) is 0 Å². The summed E-state index contributed by atoms with van der Waals surface area (Å²) in [5.74, 6) is -0.826. The van der Waals surface area contributed by atoms with Crippen LogP contribution in [0.25, 0.3) is 5.57 Å². The summed E-state index contributed by atoms with van der Waals surface area (Å²) in [5.41, 5.74) is 0.311. The molecule has 0 fully saturated rings. The molecule has 1 rings (SSSR count). The van der Waals surface area contributed by atoms with Crippen molar-refractivity contribution in [1.29, 1.82) is 0 Å². The molecule has 0 unspecified atom stereocenters. The molecule has 0 radical (unpaired) electrons. The Morgan fingerprint density at radius 1 is 1.57 bits per heavy atom. The lowest BCUT2D eigenvalue weighted by Gasteiger charge is -2.08. The number of hydrogen-bond donors (Lipinski definition) is 0. The fraction of sp³-hybridized carbons (Fsp3) is 0.100. The molecule has 0 bridgehead atoms. The van der Waals surface area contributed by atoms with Gasteiger partial charge in [-0.3, -0.25) is 0 Å². The monoisotopic (exact) mass is 211 g/mol. The van der Waals surface area contributed by atoms with Crippen molar-refractivity contribution < 1.29 is 14.6 Å². The van der Waals surface area contributed by atoms with E-state index in [1.807, 2.05) is 0 Å². The molecule has 0 aromatic heterocycles. The Hall–Kier alpha value is -1.48. The lowest BCUT2D eigenvalue weighted by molar-refractivity contribution is -0.295. The van der Waals surface area contributed by atoms with Crippen LogP contribution in [0.5, 0.6) is 5.75 Å². The summed E-state index contributed by atoms with van der Waals surface area (Å²) in [5, 5.41) is 10.8. The summed E-state index contributed by atoms with van der Waals surface area (Å²) < 4.78 is 4.92. The number of rotatable bonds is 3. The molecule has 0 heterocycles. The average molecular weight is 212 g/mol. The van der Waals surface area contributed by atoms with Gasteiger partial charge in [0.1, 0.15) is 5.75 Å². The van der Waals surface area contributed by atoms with Crippen molar-refractivity contribution in [1.82, 2.24) is 0 Å².